The molecule has 0 radical (unpaired) electrons. The second-order valence-corrected chi connectivity index (χ2v) is 7.22. The van der Waals surface area contributed by atoms with Gasteiger partial charge in [-0.15, -0.1) is 10.2 Å². The maximum absolute atomic E-state index is 13.0. The summed E-state index contributed by atoms with van der Waals surface area (Å²) in [6.45, 7) is 1.86. The molecule has 25 heavy (non-hydrogen) atoms. The van der Waals surface area contributed by atoms with Crippen LogP contribution in [0.2, 0.25) is 0 Å². The van der Waals surface area contributed by atoms with E-state index in [4.69, 9.17) is 0 Å². The van der Waals surface area contributed by atoms with Crippen molar-refractivity contribution in [1.82, 2.24) is 14.8 Å². The number of amides is 1. The van der Waals surface area contributed by atoms with Crippen LogP contribution in [0.5, 0.6) is 0 Å². The van der Waals surface area contributed by atoms with Crippen LogP contribution in [0.4, 0.5) is 11.4 Å². The zero-order valence-electron chi connectivity index (χ0n) is 13.8. The van der Waals surface area contributed by atoms with Crippen LogP contribution in [0, 0.1) is 6.92 Å². The smallest absolute Gasteiger partial charge is 0.239 e. The minimum absolute atomic E-state index is 0.0994. The van der Waals surface area contributed by atoms with E-state index in [2.05, 4.69) is 10.2 Å². The largest absolute Gasteiger partial charge is 0.612 e. The summed E-state index contributed by atoms with van der Waals surface area (Å²) in [5.41, 5.74) is 2.26. The van der Waals surface area contributed by atoms with E-state index < -0.39 is 11.2 Å². The van der Waals surface area contributed by atoms with Gasteiger partial charge in [-0.05, 0) is 42.4 Å². The predicted molar refractivity (Wildman–Crippen MR) is 95.7 cm³/mol. The molecule has 0 fully saturated rings. The van der Waals surface area contributed by atoms with Crippen LogP contribution >= 0.6 is 0 Å². The molecule has 1 unspecified atom stereocenters. The molecule has 7 heteroatoms. The maximum Gasteiger partial charge on any atom is 0.239 e. The van der Waals surface area contributed by atoms with Gasteiger partial charge in [-0.2, -0.15) is 0 Å². The van der Waals surface area contributed by atoms with E-state index in [9.17, 15) is 9.35 Å². The molecule has 4 rings (SSSR count). The highest BCUT2D eigenvalue weighted by Gasteiger charge is 2.30. The number of benzene rings is 2. The molecule has 1 aromatic heterocycles. The Hall–Kier alpha value is -2.64. The molecule has 0 saturated heterocycles. The lowest BCUT2D eigenvalue weighted by atomic mass is 10.2. The van der Waals surface area contributed by atoms with Crippen LogP contribution in [0.25, 0.3) is 5.69 Å². The third-order valence-electron chi connectivity index (χ3n) is 4.23. The van der Waals surface area contributed by atoms with E-state index in [-0.39, 0.29) is 12.3 Å². The van der Waals surface area contributed by atoms with Gasteiger partial charge in [0, 0.05) is 11.8 Å². The molecule has 0 N–H and O–H groups in total. The number of aromatic nitrogens is 3. The lowest BCUT2D eigenvalue weighted by Gasteiger charge is -2.23. The number of aryl methyl sites for hydroxylation is 1. The van der Waals surface area contributed by atoms with Crippen molar-refractivity contribution in [3.05, 3.63) is 60.2 Å². The number of carbonyl (C=O) groups is 1. The molecule has 1 aliphatic heterocycles. The van der Waals surface area contributed by atoms with Crippen molar-refractivity contribution in [3.63, 3.8) is 0 Å². The number of anilines is 2. The number of nitrogens with zero attached hydrogens (tertiary/aromatic N) is 4. The third-order valence-corrected chi connectivity index (χ3v) is 5.14. The Morgan fingerprint density at radius 1 is 1.08 bits per heavy atom. The number of para-hydroxylation sites is 1. The van der Waals surface area contributed by atoms with E-state index in [1.54, 1.807) is 11.2 Å². The Labute approximate surface area is 148 Å². The Kier molecular flexibility index (Phi) is 3.82. The number of hydrogen-bond acceptors (Lipinski definition) is 4. The van der Waals surface area contributed by atoms with Gasteiger partial charge in [-0.3, -0.25) is 14.3 Å². The average molecular weight is 352 g/mol. The van der Waals surface area contributed by atoms with Gasteiger partial charge in [-0.25, -0.2) is 0 Å². The highest BCUT2D eigenvalue weighted by Crippen LogP contribution is 2.36. The second kappa shape index (κ2) is 6.02. The summed E-state index contributed by atoms with van der Waals surface area (Å²) < 4.78 is 13.9. The van der Waals surface area contributed by atoms with E-state index in [0.29, 0.717) is 22.2 Å². The van der Waals surface area contributed by atoms with Crippen LogP contribution in [0.1, 0.15) is 11.6 Å². The fourth-order valence-electron chi connectivity index (χ4n) is 3.09. The van der Waals surface area contributed by atoms with Gasteiger partial charge in [0.05, 0.1) is 17.8 Å². The van der Waals surface area contributed by atoms with Crippen LogP contribution in [0.15, 0.2) is 53.4 Å². The van der Waals surface area contributed by atoms with Gasteiger partial charge in [-0.1, -0.05) is 18.2 Å². The Morgan fingerprint density at radius 3 is 2.56 bits per heavy atom. The van der Waals surface area contributed by atoms with Crippen LogP contribution in [-0.2, 0) is 22.4 Å². The summed E-state index contributed by atoms with van der Waals surface area (Å²) in [7, 11) is 0. The Morgan fingerprint density at radius 2 is 1.84 bits per heavy atom. The molecule has 3 aromatic rings. The van der Waals surface area contributed by atoms with Crippen molar-refractivity contribution in [2.75, 3.05) is 11.2 Å². The molecule has 0 aliphatic carbocycles. The van der Waals surface area contributed by atoms with E-state index in [1.165, 1.54) is 0 Å². The number of carbonyl (C=O) groups excluding carboxylic acids is 1. The molecule has 126 valence electrons. The first kappa shape index (κ1) is 15.9. The Balaban J connectivity index is 2.01. The highest BCUT2D eigenvalue weighted by molar-refractivity contribution is 7.90. The van der Waals surface area contributed by atoms with Crippen molar-refractivity contribution >= 4 is 28.5 Å². The zero-order valence-corrected chi connectivity index (χ0v) is 14.7. The lowest BCUT2D eigenvalue weighted by molar-refractivity contribution is -0.117. The monoisotopic (exact) mass is 352 g/mol. The molecule has 0 bridgehead atoms. The first-order valence-electron chi connectivity index (χ1n) is 7.83. The summed E-state index contributed by atoms with van der Waals surface area (Å²) in [6, 6.07) is 15.0. The molecule has 6 nitrogen and oxygen atoms in total. The van der Waals surface area contributed by atoms with Gasteiger partial charge in [0.1, 0.15) is 17.9 Å². The predicted octanol–water partition coefficient (Wildman–Crippen LogP) is 2.53. The van der Waals surface area contributed by atoms with Crippen molar-refractivity contribution in [3.8, 4) is 5.69 Å². The summed E-state index contributed by atoms with van der Waals surface area (Å²) in [5.74, 6) is 1.22. The quantitative estimate of drug-likeness (QED) is 0.664. The van der Waals surface area contributed by atoms with Crippen molar-refractivity contribution in [1.29, 1.82) is 0 Å². The van der Waals surface area contributed by atoms with Gasteiger partial charge < -0.3 is 4.55 Å². The number of fused-ring (bicyclic) bond motifs is 3. The fraction of sp³-hybridized carbons (Fsp3) is 0.167. The van der Waals surface area contributed by atoms with Crippen molar-refractivity contribution < 1.29 is 9.35 Å². The van der Waals surface area contributed by atoms with Crippen molar-refractivity contribution in [2.45, 2.75) is 18.2 Å². The van der Waals surface area contributed by atoms with Crippen LogP contribution in [-0.4, -0.2) is 31.5 Å². The third kappa shape index (κ3) is 2.61. The summed E-state index contributed by atoms with van der Waals surface area (Å²) in [5, 5.41) is 8.27. The van der Waals surface area contributed by atoms with Crippen LogP contribution in [0.3, 0.4) is 0 Å². The minimum atomic E-state index is -1.15. The Bertz CT molecular complexity index is 953. The van der Waals surface area contributed by atoms with Crippen LogP contribution < -0.4 is 4.90 Å². The van der Waals surface area contributed by atoms with E-state index in [1.807, 2.05) is 60.0 Å². The topological polar surface area (TPSA) is 74.1 Å². The van der Waals surface area contributed by atoms with Gasteiger partial charge in [0.25, 0.3) is 0 Å². The zero-order chi connectivity index (χ0) is 17.6. The average Bonchev–Trinajstić information content (AvgIpc) is 2.90. The van der Waals surface area contributed by atoms with Crippen molar-refractivity contribution in [2.24, 2.45) is 0 Å². The van der Waals surface area contributed by atoms with E-state index >= 15 is 0 Å². The minimum Gasteiger partial charge on any atom is -0.612 e. The molecular weight excluding hydrogens is 336 g/mol. The number of rotatable bonds is 2. The normalized spacial score (nSPS) is 14.7. The van der Waals surface area contributed by atoms with E-state index in [0.717, 1.165) is 11.4 Å². The fourth-order valence-corrected chi connectivity index (χ4v) is 3.63. The SMILES string of the molecule is Cc1nnc2n1-c1ccc([S+](C)[O-])cc1N(c1ccccc1)C(=O)C2. The molecule has 0 saturated carbocycles. The standard InChI is InChI=1S/C18H16N4O2S/c1-12-19-20-17-11-18(23)22(13-6-4-3-5-7-13)16-10-14(25(2)24)8-9-15(16)21(12)17/h3-10H,11H2,1-2H3. The van der Waals surface area contributed by atoms with Gasteiger partial charge >= 0.3 is 0 Å². The summed E-state index contributed by atoms with van der Waals surface area (Å²) in [4.78, 5) is 15.3. The second-order valence-electron chi connectivity index (χ2n) is 5.84. The molecule has 2 aromatic carbocycles. The van der Waals surface area contributed by atoms with Gasteiger partial charge in [0.15, 0.2) is 4.90 Å². The highest BCUT2D eigenvalue weighted by atomic mass is 32.2. The number of hydrogen-bond donors (Lipinski definition) is 0. The maximum atomic E-state index is 13.0. The molecule has 0 spiro atoms. The molecular formula is C18H16N4O2S. The lowest BCUT2D eigenvalue weighted by Crippen LogP contribution is -2.27. The molecule has 1 aliphatic rings. The van der Waals surface area contributed by atoms with Gasteiger partial charge in [0.2, 0.25) is 5.91 Å². The summed E-state index contributed by atoms with van der Waals surface area (Å²) >= 11 is -1.15. The molecule has 2 heterocycles. The molecule has 1 atom stereocenters. The summed E-state index contributed by atoms with van der Waals surface area (Å²) in [6.07, 6.45) is 1.78. The first-order chi connectivity index (χ1) is 12.1. The molecule has 1 amide bonds. The first-order valence-corrected chi connectivity index (χ1v) is 9.39.